The van der Waals surface area contributed by atoms with E-state index in [1.807, 2.05) is 20.8 Å². The number of carbonyl (C=O) groups is 2. The van der Waals surface area contributed by atoms with E-state index < -0.39 is 17.3 Å². The SMILES string of the molecule is CC(=O)O[C@H]1C[C@@](C(C)=O)([C@H]2CC[C@](C)(Cl)[C@@H](Br)C2)OC1(C)C. The number of hydrogen-bond acceptors (Lipinski definition) is 4. The normalized spacial score (nSPS) is 43.2. The van der Waals surface area contributed by atoms with Gasteiger partial charge in [0.05, 0.1) is 4.87 Å². The van der Waals surface area contributed by atoms with Gasteiger partial charge in [-0.2, -0.15) is 0 Å². The molecule has 0 bridgehead atoms. The van der Waals surface area contributed by atoms with Crippen LogP contribution in [0.2, 0.25) is 0 Å². The molecule has 0 aromatic heterocycles. The Morgan fingerprint density at radius 3 is 2.35 bits per heavy atom. The summed E-state index contributed by atoms with van der Waals surface area (Å²) < 4.78 is 11.7. The van der Waals surface area contributed by atoms with Crippen LogP contribution in [0.4, 0.5) is 0 Å². The molecule has 0 unspecified atom stereocenters. The van der Waals surface area contributed by atoms with E-state index in [2.05, 4.69) is 15.9 Å². The Morgan fingerprint density at radius 1 is 1.26 bits per heavy atom. The van der Waals surface area contributed by atoms with Crippen LogP contribution in [-0.2, 0) is 19.1 Å². The first-order valence-electron chi connectivity index (χ1n) is 8.12. The van der Waals surface area contributed by atoms with E-state index in [4.69, 9.17) is 21.1 Å². The highest BCUT2D eigenvalue weighted by Crippen LogP contribution is 2.52. The highest BCUT2D eigenvalue weighted by Gasteiger charge is 2.60. The van der Waals surface area contributed by atoms with Gasteiger partial charge in [0.15, 0.2) is 5.78 Å². The summed E-state index contributed by atoms with van der Waals surface area (Å²) in [5, 5.41) is 0. The van der Waals surface area contributed by atoms with Crippen LogP contribution in [0.5, 0.6) is 0 Å². The summed E-state index contributed by atoms with van der Waals surface area (Å²) in [7, 11) is 0. The van der Waals surface area contributed by atoms with E-state index in [1.54, 1.807) is 6.92 Å². The van der Waals surface area contributed by atoms with Gasteiger partial charge in [-0.3, -0.25) is 9.59 Å². The van der Waals surface area contributed by atoms with Crippen molar-refractivity contribution in [2.24, 2.45) is 5.92 Å². The summed E-state index contributed by atoms with van der Waals surface area (Å²) in [6, 6.07) is 0. The Kier molecular flexibility index (Phi) is 5.26. The maximum Gasteiger partial charge on any atom is 0.303 e. The Morgan fingerprint density at radius 2 is 1.87 bits per heavy atom. The quantitative estimate of drug-likeness (QED) is 0.522. The third kappa shape index (κ3) is 3.62. The van der Waals surface area contributed by atoms with Crippen molar-refractivity contribution < 1.29 is 19.1 Å². The molecule has 5 atom stereocenters. The van der Waals surface area contributed by atoms with E-state index in [0.29, 0.717) is 6.42 Å². The fraction of sp³-hybridized carbons (Fsp3) is 0.882. The maximum absolute atomic E-state index is 12.5. The molecule has 4 nitrogen and oxygen atoms in total. The monoisotopic (exact) mass is 408 g/mol. The second-order valence-corrected chi connectivity index (χ2v) is 9.64. The molecule has 0 spiro atoms. The molecule has 0 aromatic rings. The zero-order valence-corrected chi connectivity index (χ0v) is 16.8. The van der Waals surface area contributed by atoms with Gasteiger partial charge in [-0.05, 0) is 52.9 Å². The lowest BCUT2D eigenvalue weighted by Gasteiger charge is -2.44. The van der Waals surface area contributed by atoms with E-state index in [1.165, 1.54) is 6.92 Å². The maximum atomic E-state index is 12.5. The zero-order valence-electron chi connectivity index (χ0n) is 14.4. The summed E-state index contributed by atoms with van der Waals surface area (Å²) >= 11 is 10.2. The van der Waals surface area contributed by atoms with Crippen molar-refractivity contribution in [3.8, 4) is 0 Å². The van der Waals surface area contributed by atoms with E-state index in [-0.39, 0.29) is 27.4 Å². The Bertz CT molecular complexity index is 505. The molecule has 1 saturated heterocycles. The second-order valence-electron chi connectivity index (χ2n) is 7.67. The van der Waals surface area contributed by atoms with Crippen LogP contribution in [0.15, 0.2) is 0 Å². The number of ether oxygens (including phenoxy) is 2. The number of rotatable bonds is 3. The first kappa shape index (κ1) is 19.2. The smallest absolute Gasteiger partial charge is 0.303 e. The largest absolute Gasteiger partial charge is 0.459 e. The molecule has 23 heavy (non-hydrogen) atoms. The minimum Gasteiger partial charge on any atom is -0.459 e. The Hall–Kier alpha value is -0.130. The van der Waals surface area contributed by atoms with Gasteiger partial charge in [0, 0.05) is 18.2 Å². The number of esters is 1. The molecular formula is C17H26BrClO4. The average molecular weight is 410 g/mol. The van der Waals surface area contributed by atoms with Gasteiger partial charge in [0.2, 0.25) is 0 Å². The number of hydrogen-bond donors (Lipinski definition) is 0. The van der Waals surface area contributed by atoms with Crippen molar-refractivity contribution in [3.63, 3.8) is 0 Å². The Labute approximate surface area is 151 Å². The third-order valence-electron chi connectivity index (χ3n) is 5.40. The van der Waals surface area contributed by atoms with Crippen LogP contribution in [0.1, 0.15) is 60.3 Å². The zero-order chi connectivity index (χ0) is 17.6. The molecule has 1 saturated carbocycles. The summed E-state index contributed by atoms with van der Waals surface area (Å²) in [5.74, 6) is -0.277. The number of Topliss-reactive ketones (excluding diaryl/α,β-unsaturated/α-hetero) is 1. The Balaban J connectivity index is 2.28. The van der Waals surface area contributed by atoms with E-state index >= 15 is 0 Å². The summed E-state index contributed by atoms with van der Waals surface area (Å²) in [5.41, 5.74) is -1.58. The highest BCUT2D eigenvalue weighted by atomic mass is 79.9. The summed E-state index contributed by atoms with van der Waals surface area (Å²) in [4.78, 5) is 23.7. The van der Waals surface area contributed by atoms with Gasteiger partial charge in [0.25, 0.3) is 0 Å². The van der Waals surface area contributed by atoms with Crippen molar-refractivity contribution in [1.82, 2.24) is 0 Å². The molecule has 0 amide bonds. The van der Waals surface area contributed by atoms with Crippen LogP contribution in [0.3, 0.4) is 0 Å². The minimum absolute atomic E-state index is 0.00287. The fourth-order valence-corrected chi connectivity index (χ4v) is 4.76. The molecule has 0 radical (unpaired) electrons. The molecule has 2 aliphatic rings. The van der Waals surface area contributed by atoms with Crippen LogP contribution >= 0.6 is 27.5 Å². The molecule has 1 aliphatic carbocycles. The van der Waals surface area contributed by atoms with E-state index in [9.17, 15) is 9.59 Å². The molecule has 132 valence electrons. The summed E-state index contributed by atoms with van der Waals surface area (Å²) in [6.45, 7) is 8.74. The lowest BCUT2D eigenvalue weighted by atomic mass is 9.70. The number of halogens is 2. The van der Waals surface area contributed by atoms with Gasteiger partial charge in [0.1, 0.15) is 17.3 Å². The standard InChI is InChI=1S/C17H26BrClO4/c1-10(20)17(12-6-7-16(5,19)13(18)8-12)9-14(22-11(2)21)15(3,4)23-17/h12-14H,6-9H2,1-5H3/t12-,13-,14-,16-,17+/m0/s1. The first-order chi connectivity index (χ1) is 10.4. The van der Waals surface area contributed by atoms with Gasteiger partial charge < -0.3 is 9.47 Å². The predicted molar refractivity (Wildman–Crippen MR) is 93.1 cm³/mol. The third-order valence-corrected chi connectivity index (χ3v) is 7.50. The van der Waals surface area contributed by atoms with Crippen LogP contribution in [0.25, 0.3) is 0 Å². The summed E-state index contributed by atoms with van der Waals surface area (Å²) in [6.07, 6.45) is 2.40. The molecular weight excluding hydrogens is 384 g/mol. The fourth-order valence-electron chi connectivity index (χ4n) is 3.88. The minimum atomic E-state index is -0.900. The van der Waals surface area contributed by atoms with Crippen LogP contribution in [-0.4, -0.2) is 38.8 Å². The van der Waals surface area contributed by atoms with Gasteiger partial charge in [-0.25, -0.2) is 0 Å². The molecule has 0 N–H and O–H groups in total. The predicted octanol–water partition coefficient (Wildman–Crippen LogP) is 4.01. The molecule has 2 rings (SSSR count). The van der Waals surface area contributed by atoms with Crippen LogP contribution < -0.4 is 0 Å². The van der Waals surface area contributed by atoms with E-state index in [0.717, 1.165) is 19.3 Å². The van der Waals surface area contributed by atoms with Crippen molar-refractivity contribution in [2.75, 3.05) is 0 Å². The van der Waals surface area contributed by atoms with Crippen molar-refractivity contribution >= 4 is 39.3 Å². The molecule has 1 heterocycles. The average Bonchev–Trinajstić information content (AvgIpc) is 2.65. The van der Waals surface area contributed by atoms with Gasteiger partial charge in [-0.15, -0.1) is 11.6 Å². The van der Waals surface area contributed by atoms with Crippen LogP contribution in [0, 0.1) is 5.92 Å². The lowest BCUT2D eigenvalue weighted by Crippen LogP contribution is -2.51. The molecule has 6 heteroatoms. The van der Waals surface area contributed by atoms with Crippen molar-refractivity contribution in [2.45, 2.75) is 87.3 Å². The van der Waals surface area contributed by atoms with Gasteiger partial charge >= 0.3 is 5.97 Å². The molecule has 2 fully saturated rings. The molecule has 1 aliphatic heterocycles. The number of alkyl halides is 2. The first-order valence-corrected chi connectivity index (χ1v) is 9.41. The highest BCUT2D eigenvalue weighted by molar-refractivity contribution is 9.09. The lowest BCUT2D eigenvalue weighted by molar-refractivity contribution is -0.169. The topological polar surface area (TPSA) is 52.6 Å². The number of ketones is 1. The van der Waals surface area contributed by atoms with Crippen molar-refractivity contribution in [3.05, 3.63) is 0 Å². The molecule has 0 aromatic carbocycles. The second kappa shape index (κ2) is 6.30. The number of carbonyl (C=O) groups excluding carboxylic acids is 2. The van der Waals surface area contributed by atoms with Gasteiger partial charge in [-0.1, -0.05) is 15.9 Å². The van der Waals surface area contributed by atoms with Crippen molar-refractivity contribution in [1.29, 1.82) is 0 Å².